The smallest absolute Gasteiger partial charge is 0.266 e. The Bertz CT molecular complexity index is 838. The van der Waals surface area contributed by atoms with Crippen molar-refractivity contribution in [3.8, 4) is 11.3 Å². The van der Waals surface area contributed by atoms with Gasteiger partial charge < -0.3 is 9.64 Å². The van der Waals surface area contributed by atoms with Gasteiger partial charge in [-0.2, -0.15) is 5.10 Å². The van der Waals surface area contributed by atoms with Crippen LogP contribution >= 0.6 is 0 Å². The lowest BCUT2D eigenvalue weighted by Crippen LogP contribution is -2.44. The summed E-state index contributed by atoms with van der Waals surface area (Å²) in [6.07, 6.45) is 6.75. The number of nitrogens with zero attached hydrogens (tertiary/aromatic N) is 4. The lowest BCUT2D eigenvalue weighted by molar-refractivity contribution is -0.142. The van der Waals surface area contributed by atoms with Gasteiger partial charge in [-0.3, -0.25) is 14.6 Å². The summed E-state index contributed by atoms with van der Waals surface area (Å²) in [5, 5.41) is 4.53. The van der Waals surface area contributed by atoms with Crippen LogP contribution in [0.2, 0.25) is 0 Å². The van der Waals surface area contributed by atoms with Gasteiger partial charge in [-0.15, -0.1) is 0 Å². The first-order valence-corrected chi connectivity index (χ1v) is 9.59. The minimum absolute atomic E-state index is 0.0920. The Kier molecular flexibility index (Phi) is 5.29. The van der Waals surface area contributed by atoms with Gasteiger partial charge in [0.2, 0.25) is 0 Å². The lowest BCUT2D eigenvalue weighted by Gasteiger charge is -2.33. The van der Waals surface area contributed by atoms with Crippen LogP contribution in [0.3, 0.4) is 0 Å². The highest BCUT2D eigenvalue weighted by molar-refractivity contribution is 5.81. The summed E-state index contributed by atoms with van der Waals surface area (Å²) < 4.78 is 7.06. The van der Waals surface area contributed by atoms with E-state index in [9.17, 15) is 9.59 Å². The Morgan fingerprint density at radius 2 is 1.89 bits per heavy atom. The second-order valence-electron chi connectivity index (χ2n) is 7.25. The average Bonchev–Trinajstić information content (AvgIpc) is 3.25. The summed E-state index contributed by atoms with van der Waals surface area (Å²) in [4.78, 5) is 30.6. The fraction of sp³-hybridized carbons (Fsp3) is 0.500. The largest absolute Gasteiger partial charge is 0.368 e. The molecule has 2 saturated heterocycles. The number of ether oxygens (including phenoxy) is 1. The van der Waals surface area contributed by atoms with Crippen LogP contribution in [0.5, 0.6) is 0 Å². The zero-order chi connectivity index (χ0) is 18.6. The minimum Gasteiger partial charge on any atom is -0.368 e. The molecule has 2 fully saturated rings. The molecule has 2 aliphatic rings. The van der Waals surface area contributed by atoms with E-state index in [-0.39, 0.29) is 17.6 Å². The number of amides is 1. The number of hydrogen-bond donors (Lipinski definition) is 0. The van der Waals surface area contributed by atoms with Crippen LogP contribution in [0, 0.1) is 5.92 Å². The van der Waals surface area contributed by atoms with E-state index in [4.69, 9.17) is 4.74 Å². The maximum Gasteiger partial charge on any atom is 0.266 e. The highest BCUT2D eigenvalue weighted by Gasteiger charge is 2.31. The van der Waals surface area contributed by atoms with Crippen LogP contribution in [0.4, 0.5) is 0 Å². The first kappa shape index (κ1) is 17.9. The highest BCUT2D eigenvalue weighted by Crippen LogP contribution is 2.22. The van der Waals surface area contributed by atoms with E-state index in [1.165, 1.54) is 0 Å². The van der Waals surface area contributed by atoms with E-state index in [0.717, 1.165) is 50.0 Å². The summed E-state index contributed by atoms with van der Waals surface area (Å²) in [6.45, 7) is 2.72. The monoisotopic (exact) mass is 368 g/mol. The number of rotatable bonds is 4. The quantitative estimate of drug-likeness (QED) is 0.821. The summed E-state index contributed by atoms with van der Waals surface area (Å²) in [5.74, 6) is 0.470. The lowest BCUT2D eigenvalue weighted by atomic mass is 9.96. The number of piperidine rings is 1. The van der Waals surface area contributed by atoms with Gasteiger partial charge in [0.25, 0.3) is 11.5 Å². The average molecular weight is 368 g/mol. The molecular formula is C20H24N4O3. The molecule has 142 valence electrons. The van der Waals surface area contributed by atoms with Gasteiger partial charge >= 0.3 is 0 Å². The molecule has 7 heteroatoms. The third-order valence-corrected chi connectivity index (χ3v) is 5.41. The fourth-order valence-electron chi connectivity index (χ4n) is 3.81. The molecule has 0 aliphatic carbocycles. The molecule has 0 radical (unpaired) electrons. The van der Waals surface area contributed by atoms with Crippen LogP contribution in [-0.4, -0.2) is 51.4 Å². The fourth-order valence-corrected chi connectivity index (χ4v) is 3.81. The van der Waals surface area contributed by atoms with Crippen molar-refractivity contribution >= 4 is 5.91 Å². The van der Waals surface area contributed by atoms with Crippen molar-refractivity contribution in [2.75, 3.05) is 19.7 Å². The van der Waals surface area contributed by atoms with Gasteiger partial charge in [-0.05, 0) is 49.8 Å². The Morgan fingerprint density at radius 1 is 1.11 bits per heavy atom. The molecule has 1 unspecified atom stereocenters. The summed E-state index contributed by atoms with van der Waals surface area (Å²) in [6, 6.07) is 7.08. The van der Waals surface area contributed by atoms with Crippen molar-refractivity contribution in [2.45, 2.75) is 38.3 Å². The molecule has 1 atom stereocenters. The van der Waals surface area contributed by atoms with Crippen molar-refractivity contribution in [1.82, 2.24) is 19.7 Å². The summed E-state index contributed by atoms with van der Waals surface area (Å²) in [5.41, 5.74) is 1.62. The molecular weight excluding hydrogens is 344 g/mol. The third kappa shape index (κ3) is 4.08. The molecule has 4 heterocycles. The van der Waals surface area contributed by atoms with Gasteiger partial charge in [-0.1, -0.05) is 0 Å². The predicted octanol–water partition coefficient (Wildman–Crippen LogP) is 1.72. The zero-order valence-corrected chi connectivity index (χ0v) is 15.3. The molecule has 0 N–H and O–H groups in total. The number of carbonyl (C=O) groups excluding carboxylic acids is 1. The molecule has 0 bridgehead atoms. The van der Waals surface area contributed by atoms with Crippen LogP contribution in [0.15, 0.2) is 41.5 Å². The Balaban J connectivity index is 1.39. The number of aromatic nitrogens is 3. The summed E-state index contributed by atoms with van der Waals surface area (Å²) >= 11 is 0. The van der Waals surface area contributed by atoms with Gasteiger partial charge in [0.05, 0.1) is 5.69 Å². The Hall–Kier alpha value is -2.54. The van der Waals surface area contributed by atoms with Crippen molar-refractivity contribution in [2.24, 2.45) is 5.92 Å². The molecule has 7 nitrogen and oxygen atoms in total. The van der Waals surface area contributed by atoms with E-state index >= 15 is 0 Å². The molecule has 1 amide bonds. The van der Waals surface area contributed by atoms with E-state index < -0.39 is 0 Å². The molecule has 0 spiro atoms. The van der Waals surface area contributed by atoms with Gasteiger partial charge in [0.1, 0.15) is 6.10 Å². The zero-order valence-electron chi connectivity index (χ0n) is 15.3. The summed E-state index contributed by atoms with van der Waals surface area (Å²) in [7, 11) is 0. The van der Waals surface area contributed by atoms with E-state index in [2.05, 4.69) is 10.1 Å². The van der Waals surface area contributed by atoms with Gasteiger partial charge in [0.15, 0.2) is 0 Å². The first-order chi connectivity index (χ1) is 13.2. The number of hydrogen-bond acceptors (Lipinski definition) is 5. The maximum atomic E-state index is 12.4. The third-order valence-electron chi connectivity index (χ3n) is 5.41. The molecule has 4 rings (SSSR count). The Morgan fingerprint density at radius 3 is 2.59 bits per heavy atom. The van der Waals surface area contributed by atoms with Gasteiger partial charge in [0, 0.05) is 50.3 Å². The van der Waals surface area contributed by atoms with Crippen molar-refractivity contribution in [3.05, 3.63) is 47.0 Å². The second-order valence-corrected chi connectivity index (χ2v) is 7.25. The van der Waals surface area contributed by atoms with Crippen molar-refractivity contribution in [1.29, 1.82) is 0 Å². The van der Waals surface area contributed by atoms with Crippen molar-refractivity contribution in [3.63, 3.8) is 0 Å². The molecule has 0 saturated carbocycles. The molecule has 2 aliphatic heterocycles. The van der Waals surface area contributed by atoms with Crippen LogP contribution in [0.1, 0.15) is 25.7 Å². The van der Waals surface area contributed by atoms with Crippen LogP contribution in [-0.2, 0) is 16.1 Å². The molecule has 27 heavy (non-hydrogen) atoms. The minimum atomic E-state index is -0.247. The van der Waals surface area contributed by atoms with E-state index in [1.54, 1.807) is 29.2 Å². The molecule has 0 aromatic carbocycles. The SMILES string of the molecule is O=C(C1CCCO1)N1CCC(Cn2nc(-c3ccncc3)ccc2=O)CC1. The maximum absolute atomic E-state index is 12.4. The number of pyridine rings is 1. The second kappa shape index (κ2) is 8.00. The standard InChI is InChI=1S/C20H24N4O3/c25-19-4-3-17(16-5-9-21-10-6-16)22-24(19)14-15-7-11-23(12-8-15)20(26)18-2-1-13-27-18/h3-6,9-10,15,18H,1-2,7-8,11-14H2. The van der Waals surface area contributed by atoms with E-state index in [1.807, 2.05) is 17.0 Å². The number of carbonyl (C=O) groups is 1. The van der Waals surface area contributed by atoms with Crippen molar-refractivity contribution < 1.29 is 9.53 Å². The van der Waals surface area contributed by atoms with Crippen LogP contribution in [0.25, 0.3) is 11.3 Å². The van der Waals surface area contributed by atoms with Crippen LogP contribution < -0.4 is 5.56 Å². The topological polar surface area (TPSA) is 77.3 Å². The molecule has 2 aromatic rings. The Labute approximate surface area is 158 Å². The number of likely N-dealkylation sites (tertiary alicyclic amines) is 1. The normalized spacial score (nSPS) is 20.7. The van der Waals surface area contributed by atoms with Gasteiger partial charge in [-0.25, -0.2) is 4.68 Å². The first-order valence-electron chi connectivity index (χ1n) is 9.59. The predicted molar refractivity (Wildman–Crippen MR) is 100 cm³/mol. The molecule has 2 aromatic heterocycles. The highest BCUT2D eigenvalue weighted by atomic mass is 16.5. The van der Waals surface area contributed by atoms with E-state index in [0.29, 0.717) is 19.1 Å².